The van der Waals surface area contributed by atoms with Crippen LogP contribution in [-0.2, 0) is 10.0 Å². The second kappa shape index (κ2) is 9.00. The third kappa shape index (κ3) is 5.08. The number of carbonyl (C=O) groups excluding carboxylic acids is 1. The fraction of sp³-hybridized carbons (Fsp3) is 0.136. The monoisotopic (exact) mass is 410 g/mol. The number of aliphatic hydroxyl groups is 1. The van der Waals surface area contributed by atoms with Gasteiger partial charge in [0.2, 0.25) is 10.0 Å². The first kappa shape index (κ1) is 20.7. The first-order valence-electron chi connectivity index (χ1n) is 9.05. The molecule has 0 aliphatic carbocycles. The summed E-state index contributed by atoms with van der Waals surface area (Å²) in [7, 11) is -3.96. The molecule has 2 atom stereocenters. The Balaban J connectivity index is 1.93. The number of hydrogen-bond acceptors (Lipinski definition) is 4. The Kier molecular flexibility index (Phi) is 6.43. The highest BCUT2D eigenvalue weighted by molar-refractivity contribution is 7.89. The van der Waals surface area contributed by atoms with E-state index in [0.717, 1.165) is 5.56 Å². The summed E-state index contributed by atoms with van der Waals surface area (Å²) in [5.41, 5.74) is 1.38. The SMILES string of the molecule is Cc1ccccc1S(=O)(=O)N[C@@H](/C=C/c1ccccc1)[C@H](O)C(=O)n1cccc1. The molecule has 0 fully saturated rings. The van der Waals surface area contributed by atoms with Crippen LogP contribution in [0.15, 0.2) is 90.1 Å². The van der Waals surface area contributed by atoms with Crippen LogP contribution in [0.4, 0.5) is 0 Å². The molecule has 0 aliphatic rings. The van der Waals surface area contributed by atoms with Crippen molar-refractivity contribution >= 4 is 22.0 Å². The van der Waals surface area contributed by atoms with Gasteiger partial charge in [0.05, 0.1) is 10.9 Å². The number of nitrogens with one attached hydrogen (secondary N) is 1. The average molecular weight is 410 g/mol. The standard InChI is InChI=1S/C22H22N2O4S/c1-17-9-5-6-12-20(17)29(27,28)23-19(14-13-18-10-3-2-4-11-18)21(25)22(26)24-15-7-8-16-24/h2-16,19,21,23,25H,1H3/b14-13+/t19-,21-/m0/s1. The Morgan fingerprint density at radius 1 is 1.00 bits per heavy atom. The lowest BCUT2D eigenvalue weighted by Gasteiger charge is -2.21. The second-order valence-corrected chi connectivity index (χ2v) is 8.24. The van der Waals surface area contributed by atoms with E-state index in [2.05, 4.69) is 4.72 Å². The predicted octanol–water partition coefficient (Wildman–Crippen LogP) is 2.86. The van der Waals surface area contributed by atoms with E-state index in [4.69, 9.17) is 0 Å². The van der Waals surface area contributed by atoms with Gasteiger partial charge in [0.15, 0.2) is 6.10 Å². The highest BCUT2D eigenvalue weighted by Gasteiger charge is 2.30. The number of rotatable bonds is 7. The van der Waals surface area contributed by atoms with Gasteiger partial charge in [-0.2, -0.15) is 0 Å². The summed E-state index contributed by atoms with van der Waals surface area (Å²) in [6.07, 6.45) is 4.54. The predicted molar refractivity (Wildman–Crippen MR) is 112 cm³/mol. The lowest BCUT2D eigenvalue weighted by Crippen LogP contribution is -2.47. The lowest BCUT2D eigenvalue weighted by molar-refractivity contribution is 0.0622. The van der Waals surface area contributed by atoms with E-state index in [9.17, 15) is 18.3 Å². The number of aromatic nitrogens is 1. The van der Waals surface area contributed by atoms with Crippen molar-refractivity contribution in [2.24, 2.45) is 0 Å². The summed E-state index contributed by atoms with van der Waals surface area (Å²) in [6, 6.07) is 17.9. The van der Waals surface area contributed by atoms with Gasteiger partial charge in [0.25, 0.3) is 5.91 Å². The van der Waals surface area contributed by atoms with E-state index in [1.165, 1.54) is 29.1 Å². The smallest absolute Gasteiger partial charge is 0.261 e. The molecule has 6 nitrogen and oxygen atoms in total. The number of hydrogen-bond donors (Lipinski definition) is 2. The van der Waals surface area contributed by atoms with E-state index >= 15 is 0 Å². The van der Waals surface area contributed by atoms with E-state index in [-0.39, 0.29) is 4.90 Å². The van der Waals surface area contributed by atoms with Gasteiger partial charge >= 0.3 is 0 Å². The zero-order chi connectivity index (χ0) is 20.9. The topological polar surface area (TPSA) is 88.4 Å². The molecular formula is C22H22N2O4S. The van der Waals surface area contributed by atoms with Crippen LogP contribution >= 0.6 is 0 Å². The molecule has 0 aliphatic heterocycles. The van der Waals surface area contributed by atoms with E-state index in [1.54, 1.807) is 43.3 Å². The summed E-state index contributed by atoms with van der Waals surface area (Å²) >= 11 is 0. The zero-order valence-corrected chi connectivity index (χ0v) is 16.7. The molecule has 29 heavy (non-hydrogen) atoms. The molecular weight excluding hydrogens is 388 g/mol. The third-order valence-corrected chi connectivity index (χ3v) is 6.04. The summed E-state index contributed by atoms with van der Waals surface area (Å²) in [6.45, 7) is 1.69. The van der Waals surface area contributed by atoms with Crippen molar-refractivity contribution < 1.29 is 18.3 Å². The highest BCUT2D eigenvalue weighted by Crippen LogP contribution is 2.16. The molecule has 0 spiro atoms. The summed E-state index contributed by atoms with van der Waals surface area (Å²) in [4.78, 5) is 12.7. The number of aliphatic hydroxyl groups excluding tert-OH is 1. The molecule has 0 amide bonds. The van der Waals surface area contributed by atoms with E-state index in [1.807, 2.05) is 30.3 Å². The van der Waals surface area contributed by atoms with Crippen molar-refractivity contribution in [1.82, 2.24) is 9.29 Å². The number of nitrogens with zero attached hydrogens (tertiary/aromatic N) is 1. The largest absolute Gasteiger partial charge is 0.381 e. The molecule has 3 rings (SSSR count). The number of sulfonamides is 1. The Hall–Kier alpha value is -3.00. The van der Waals surface area contributed by atoms with Gasteiger partial charge in [-0.1, -0.05) is 60.7 Å². The fourth-order valence-electron chi connectivity index (χ4n) is 2.88. The van der Waals surface area contributed by atoms with Gasteiger partial charge < -0.3 is 5.11 Å². The van der Waals surface area contributed by atoms with Crippen LogP contribution in [0.2, 0.25) is 0 Å². The maximum Gasteiger partial charge on any atom is 0.261 e. The van der Waals surface area contributed by atoms with Crippen molar-refractivity contribution in [2.75, 3.05) is 0 Å². The lowest BCUT2D eigenvalue weighted by atomic mass is 10.1. The molecule has 1 heterocycles. The van der Waals surface area contributed by atoms with Gasteiger partial charge in [-0.05, 0) is 36.2 Å². The maximum absolute atomic E-state index is 12.9. The Bertz CT molecular complexity index is 1090. The van der Waals surface area contributed by atoms with Crippen LogP contribution in [0.25, 0.3) is 6.08 Å². The number of aryl methyl sites for hydroxylation is 1. The van der Waals surface area contributed by atoms with Crippen LogP contribution in [0.1, 0.15) is 15.9 Å². The molecule has 0 saturated carbocycles. The van der Waals surface area contributed by atoms with Gasteiger partial charge in [-0.15, -0.1) is 0 Å². The number of benzene rings is 2. The van der Waals surface area contributed by atoms with E-state index < -0.39 is 28.1 Å². The normalized spacial score (nSPS) is 14.0. The fourth-order valence-corrected chi connectivity index (χ4v) is 4.32. The molecule has 2 aromatic carbocycles. The van der Waals surface area contributed by atoms with Crippen molar-refractivity contribution in [3.05, 3.63) is 96.3 Å². The molecule has 2 N–H and O–H groups in total. The summed E-state index contributed by atoms with van der Waals surface area (Å²) in [5.74, 6) is -0.634. The molecule has 1 aromatic heterocycles. The summed E-state index contributed by atoms with van der Waals surface area (Å²) in [5, 5.41) is 10.7. The van der Waals surface area contributed by atoms with Gasteiger partial charge in [-0.25, -0.2) is 13.1 Å². The van der Waals surface area contributed by atoms with Crippen molar-refractivity contribution in [2.45, 2.75) is 24.0 Å². The van der Waals surface area contributed by atoms with Crippen molar-refractivity contribution in [3.8, 4) is 0 Å². The van der Waals surface area contributed by atoms with E-state index in [0.29, 0.717) is 5.56 Å². The molecule has 0 unspecified atom stereocenters. The minimum Gasteiger partial charge on any atom is -0.381 e. The van der Waals surface area contributed by atoms with Crippen molar-refractivity contribution in [3.63, 3.8) is 0 Å². The summed E-state index contributed by atoms with van der Waals surface area (Å²) < 4.78 is 29.5. The van der Waals surface area contributed by atoms with Crippen LogP contribution in [0, 0.1) is 6.92 Å². The Morgan fingerprint density at radius 2 is 1.62 bits per heavy atom. The minimum atomic E-state index is -3.96. The molecule has 0 saturated heterocycles. The van der Waals surface area contributed by atoms with Gasteiger partial charge in [0.1, 0.15) is 0 Å². The minimum absolute atomic E-state index is 0.0960. The average Bonchev–Trinajstić information content (AvgIpc) is 3.26. The van der Waals surface area contributed by atoms with Gasteiger partial charge in [0, 0.05) is 12.4 Å². The maximum atomic E-state index is 12.9. The molecule has 0 bridgehead atoms. The number of carbonyl (C=O) groups is 1. The quantitative estimate of drug-likeness (QED) is 0.627. The van der Waals surface area contributed by atoms with Crippen LogP contribution < -0.4 is 4.72 Å². The van der Waals surface area contributed by atoms with Gasteiger partial charge in [-0.3, -0.25) is 9.36 Å². The first-order chi connectivity index (χ1) is 13.9. The highest BCUT2D eigenvalue weighted by atomic mass is 32.2. The Labute approximate surface area is 170 Å². The van der Waals surface area contributed by atoms with Crippen LogP contribution in [0.3, 0.4) is 0 Å². The molecule has 7 heteroatoms. The van der Waals surface area contributed by atoms with Crippen molar-refractivity contribution in [1.29, 1.82) is 0 Å². The Morgan fingerprint density at radius 3 is 2.28 bits per heavy atom. The molecule has 150 valence electrons. The first-order valence-corrected chi connectivity index (χ1v) is 10.5. The molecule has 0 radical (unpaired) electrons. The zero-order valence-electron chi connectivity index (χ0n) is 15.8. The third-order valence-electron chi connectivity index (χ3n) is 4.42. The molecule has 3 aromatic rings. The van der Waals surface area contributed by atoms with Crippen LogP contribution in [0.5, 0.6) is 0 Å². The second-order valence-electron chi connectivity index (χ2n) is 6.56. The van der Waals surface area contributed by atoms with Crippen LogP contribution in [-0.4, -0.2) is 36.1 Å².